The van der Waals surface area contributed by atoms with E-state index in [-0.39, 0.29) is 4.47 Å². The summed E-state index contributed by atoms with van der Waals surface area (Å²) < 4.78 is 52.8. The van der Waals surface area contributed by atoms with Crippen LogP contribution in [0.25, 0.3) is 0 Å². The number of hydrogen-bond acceptors (Lipinski definition) is 2. The van der Waals surface area contributed by atoms with Gasteiger partial charge in [0.1, 0.15) is 4.75 Å². The van der Waals surface area contributed by atoms with Gasteiger partial charge in [-0.05, 0) is 55.3 Å². The Morgan fingerprint density at radius 1 is 1.25 bits per heavy atom. The van der Waals surface area contributed by atoms with E-state index in [1.54, 1.807) is 33.8 Å². The van der Waals surface area contributed by atoms with Crippen molar-refractivity contribution in [2.24, 2.45) is 0 Å². The van der Waals surface area contributed by atoms with E-state index in [2.05, 4.69) is 20.7 Å². The molecule has 0 saturated heterocycles. The predicted octanol–water partition coefficient (Wildman–Crippen LogP) is 4.58. The SMILES string of the molecule is C[C@@H](N[S@@+]([O-])C(C)(C)C)c1cccc(C(F)(F)F)c1Br. The molecule has 1 N–H and O–H groups in total. The van der Waals surface area contributed by atoms with Gasteiger partial charge in [-0.2, -0.15) is 13.2 Å². The van der Waals surface area contributed by atoms with Crippen LogP contribution >= 0.6 is 15.9 Å². The van der Waals surface area contributed by atoms with Crippen molar-refractivity contribution >= 4 is 27.3 Å². The summed E-state index contributed by atoms with van der Waals surface area (Å²) in [6, 6.07) is 3.48. The lowest BCUT2D eigenvalue weighted by molar-refractivity contribution is -0.138. The molecule has 1 aromatic rings. The van der Waals surface area contributed by atoms with E-state index in [1.807, 2.05) is 0 Å². The van der Waals surface area contributed by atoms with Gasteiger partial charge < -0.3 is 4.55 Å². The van der Waals surface area contributed by atoms with Crippen LogP contribution in [0.3, 0.4) is 0 Å². The summed E-state index contributed by atoms with van der Waals surface area (Å²) in [6.07, 6.45) is -4.42. The molecule has 0 heterocycles. The molecule has 20 heavy (non-hydrogen) atoms. The highest BCUT2D eigenvalue weighted by molar-refractivity contribution is 9.10. The normalized spacial score (nSPS) is 16.1. The fraction of sp³-hybridized carbons (Fsp3) is 0.538. The zero-order valence-electron chi connectivity index (χ0n) is 11.6. The maximum atomic E-state index is 12.8. The fourth-order valence-electron chi connectivity index (χ4n) is 1.50. The first-order chi connectivity index (χ1) is 8.94. The molecule has 0 aromatic heterocycles. The third-order valence-electron chi connectivity index (χ3n) is 2.64. The Kier molecular flexibility index (Phi) is 5.57. The lowest BCUT2D eigenvalue weighted by atomic mass is 10.1. The molecule has 0 amide bonds. The topological polar surface area (TPSA) is 35.1 Å². The van der Waals surface area contributed by atoms with Crippen LogP contribution in [-0.4, -0.2) is 9.30 Å². The van der Waals surface area contributed by atoms with Crippen LogP contribution in [-0.2, 0) is 17.5 Å². The number of benzene rings is 1. The minimum absolute atomic E-state index is 0.0154. The summed E-state index contributed by atoms with van der Waals surface area (Å²) in [7, 11) is 0. The van der Waals surface area contributed by atoms with Crippen molar-refractivity contribution in [1.29, 1.82) is 0 Å². The average molecular weight is 372 g/mol. The van der Waals surface area contributed by atoms with Crippen LogP contribution < -0.4 is 4.72 Å². The Balaban J connectivity index is 3.03. The molecule has 0 fully saturated rings. The van der Waals surface area contributed by atoms with Crippen LogP contribution in [0.4, 0.5) is 13.2 Å². The Bertz CT molecular complexity index is 474. The molecule has 0 aliphatic heterocycles. The number of hydrogen-bond donors (Lipinski definition) is 1. The van der Waals surface area contributed by atoms with Crippen molar-refractivity contribution in [3.63, 3.8) is 0 Å². The molecule has 2 atom stereocenters. The molecule has 1 aromatic carbocycles. The van der Waals surface area contributed by atoms with E-state index in [0.717, 1.165) is 6.07 Å². The van der Waals surface area contributed by atoms with Gasteiger partial charge in [-0.25, -0.2) is 0 Å². The van der Waals surface area contributed by atoms with Gasteiger partial charge in [-0.3, -0.25) is 0 Å². The summed E-state index contributed by atoms with van der Waals surface area (Å²) in [5.74, 6) is 0. The quantitative estimate of drug-likeness (QED) is 0.789. The first-order valence-electron chi connectivity index (χ1n) is 5.98. The first-order valence-corrected chi connectivity index (χ1v) is 7.92. The predicted molar refractivity (Wildman–Crippen MR) is 78.6 cm³/mol. The summed E-state index contributed by atoms with van der Waals surface area (Å²) in [4.78, 5) is 0. The van der Waals surface area contributed by atoms with Gasteiger partial charge in [-0.1, -0.05) is 12.1 Å². The van der Waals surface area contributed by atoms with Gasteiger partial charge in [0.2, 0.25) is 0 Å². The maximum Gasteiger partial charge on any atom is 0.417 e. The number of halogens is 4. The van der Waals surface area contributed by atoms with Gasteiger partial charge in [0.15, 0.2) is 0 Å². The number of rotatable bonds is 3. The van der Waals surface area contributed by atoms with Crippen LogP contribution in [0, 0.1) is 0 Å². The van der Waals surface area contributed by atoms with Crippen molar-refractivity contribution in [3.05, 3.63) is 33.8 Å². The van der Waals surface area contributed by atoms with Gasteiger partial charge >= 0.3 is 6.18 Å². The van der Waals surface area contributed by atoms with Crippen LogP contribution in [0.2, 0.25) is 0 Å². The van der Waals surface area contributed by atoms with Crippen molar-refractivity contribution < 1.29 is 17.7 Å². The molecule has 0 spiro atoms. The summed E-state index contributed by atoms with van der Waals surface area (Å²) in [5, 5.41) is 0. The van der Waals surface area contributed by atoms with Crippen molar-refractivity contribution in [2.75, 3.05) is 0 Å². The highest BCUT2D eigenvalue weighted by Crippen LogP contribution is 2.38. The first kappa shape index (κ1) is 17.8. The zero-order chi connectivity index (χ0) is 15.7. The third-order valence-corrected chi connectivity index (χ3v) is 5.21. The third kappa shape index (κ3) is 4.38. The Hall–Kier alpha value is -0.240. The average Bonchev–Trinajstić information content (AvgIpc) is 2.26. The second-order valence-corrected chi connectivity index (χ2v) is 8.22. The maximum absolute atomic E-state index is 12.8. The molecule has 0 bridgehead atoms. The molecular formula is C13H17BrF3NOS. The van der Waals surface area contributed by atoms with E-state index in [0.29, 0.717) is 5.56 Å². The monoisotopic (exact) mass is 371 g/mol. The summed E-state index contributed by atoms with van der Waals surface area (Å²) in [5.41, 5.74) is -0.303. The van der Waals surface area contributed by atoms with Crippen LogP contribution in [0.15, 0.2) is 22.7 Å². The van der Waals surface area contributed by atoms with Gasteiger partial charge in [0.25, 0.3) is 0 Å². The highest BCUT2D eigenvalue weighted by Gasteiger charge is 2.35. The lowest BCUT2D eigenvalue weighted by Gasteiger charge is -2.27. The molecule has 0 radical (unpaired) electrons. The van der Waals surface area contributed by atoms with E-state index in [4.69, 9.17) is 0 Å². The number of nitrogens with one attached hydrogen (secondary N) is 1. The van der Waals surface area contributed by atoms with Crippen molar-refractivity contribution in [1.82, 2.24) is 4.72 Å². The number of alkyl halides is 3. The molecule has 0 aliphatic rings. The molecule has 7 heteroatoms. The highest BCUT2D eigenvalue weighted by atomic mass is 79.9. The van der Waals surface area contributed by atoms with Crippen molar-refractivity contribution in [3.8, 4) is 0 Å². The van der Waals surface area contributed by atoms with E-state index in [9.17, 15) is 17.7 Å². The molecule has 0 saturated carbocycles. The Morgan fingerprint density at radius 2 is 1.80 bits per heavy atom. The Labute approximate surface area is 128 Å². The van der Waals surface area contributed by atoms with Crippen LogP contribution in [0.5, 0.6) is 0 Å². The Morgan fingerprint density at radius 3 is 2.25 bits per heavy atom. The smallest absolute Gasteiger partial charge is 0.417 e. The molecular weight excluding hydrogens is 355 g/mol. The molecule has 2 nitrogen and oxygen atoms in total. The zero-order valence-corrected chi connectivity index (χ0v) is 14.0. The molecule has 0 unspecified atom stereocenters. The minimum Gasteiger partial charge on any atom is -0.598 e. The molecule has 1 rings (SSSR count). The van der Waals surface area contributed by atoms with Crippen LogP contribution in [0.1, 0.15) is 44.9 Å². The fourth-order valence-corrected chi connectivity index (χ4v) is 3.14. The van der Waals surface area contributed by atoms with E-state index in [1.165, 1.54) is 6.07 Å². The van der Waals surface area contributed by atoms with Gasteiger partial charge in [0, 0.05) is 15.8 Å². The standard InChI is InChI=1S/C13H17BrF3NOS/c1-8(18-20(19)12(2,3)4)9-6-5-7-10(11(9)14)13(15,16)17/h5-8,18H,1-4H3/t8-,20+/m1/s1. The second kappa shape index (κ2) is 6.25. The molecule has 0 aliphatic carbocycles. The lowest BCUT2D eigenvalue weighted by Crippen LogP contribution is -2.40. The minimum atomic E-state index is -4.42. The van der Waals surface area contributed by atoms with Crippen molar-refractivity contribution in [2.45, 2.75) is 44.7 Å². The summed E-state index contributed by atoms with van der Waals surface area (Å²) >= 11 is 1.64. The van der Waals surface area contributed by atoms with E-state index >= 15 is 0 Å². The summed E-state index contributed by atoms with van der Waals surface area (Å²) in [6.45, 7) is 7.07. The van der Waals surface area contributed by atoms with Gasteiger partial charge in [0.05, 0.1) is 11.6 Å². The molecule has 114 valence electrons. The van der Waals surface area contributed by atoms with E-state index < -0.39 is 33.9 Å². The second-order valence-electron chi connectivity index (χ2n) is 5.43. The van der Waals surface area contributed by atoms with Gasteiger partial charge in [-0.15, -0.1) is 4.72 Å². The largest absolute Gasteiger partial charge is 0.598 e.